The van der Waals surface area contributed by atoms with Gasteiger partial charge in [-0.3, -0.25) is 0 Å². The molecule has 0 bridgehead atoms. The van der Waals surface area contributed by atoms with Crippen molar-refractivity contribution in [3.8, 4) is 11.1 Å². The summed E-state index contributed by atoms with van der Waals surface area (Å²) >= 11 is 0. The van der Waals surface area contributed by atoms with Crippen LogP contribution in [0.1, 0.15) is 57.1 Å². The van der Waals surface area contributed by atoms with Crippen molar-refractivity contribution < 1.29 is 5.11 Å². The quantitative estimate of drug-likeness (QED) is 0.0582. The van der Waals surface area contributed by atoms with Crippen molar-refractivity contribution in [2.45, 2.75) is 51.6 Å². The van der Waals surface area contributed by atoms with E-state index < -0.39 is 13.4 Å². The minimum Gasteiger partial charge on any atom is -0.399 e. The van der Waals surface area contributed by atoms with Crippen molar-refractivity contribution in [2.24, 2.45) is 0 Å². The van der Waals surface area contributed by atoms with Gasteiger partial charge in [0.15, 0.2) is 0 Å². The highest BCUT2D eigenvalue weighted by Crippen LogP contribution is 2.57. The number of hydrogen-bond acceptors (Lipinski definition) is 3. The number of aliphatic hydroxyl groups excluding tert-OH is 1. The van der Waals surface area contributed by atoms with Gasteiger partial charge in [-0.2, -0.15) is 0 Å². The third-order valence-corrected chi connectivity index (χ3v) is 13.5. The maximum Gasteiger partial charge on any atom is 0.112 e. The Hall–Kier alpha value is -4.17. The molecule has 4 heteroatoms. The van der Waals surface area contributed by atoms with Gasteiger partial charge in [-0.1, -0.05) is 116 Å². The number of nitrogen functional groups attached to an aromatic ring is 1. The predicted molar refractivity (Wildman–Crippen MR) is 201 cm³/mol. The van der Waals surface area contributed by atoms with Crippen LogP contribution in [0, 0.1) is 0 Å². The number of allylic oxidation sites excluding steroid dienone is 2. The van der Waals surface area contributed by atoms with E-state index in [1.54, 1.807) is 0 Å². The lowest BCUT2D eigenvalue weighted by atomic mass is 10.1. The third-order valence-electron chi connectivity index (χ3n) is 8.93. The molecule has 0 saturated carbocycles. The molecular weight excluding hydrogens is 579 g/mol. The zero-order valence-corrected chi connectivity index (χ0v) is 28.0. The largest absolute Gasteiger partial charge is 0.399 e. The van der Waals surface area contributed by atoms with Gasteiger partial charge in [-0.25, -0.2) is 0 Å². The number of benzene rings is 5. The lowest BCUT2D eigenvalue weighted by Crippen LogP contribution is -2.34. The van der Waals surface area contributed by atoms with Gasteiger partial charge in [0.25, 0.3) is 0 Å². The molecule has 5 rings (SSSR count). The number of hydrogen-bond donors (Lipinski definition) is 3. The summed E-state index contributed by atoms with van der Waals surface area (Å²) in [6, 6.07) is 50.0. The van der Waals surface area contributed by atoms with Crippen molar-refractivity contribution in [1.82, 2.24) is 5.32 Å². The van der Waals surface area contributed by atoms with Gasteiger partial charge in [-0.15, -0.1) is 0 Å². The summed E-state index contributed by atoms with van der Waals surface area (Å²) in [5.41, 5.74) is 11.2. The Morgan fingerprint density at radius 3 is 1.85 bits per heavy atom. The minimum atomic E-state index is -1.93. The molecule has 236 valence electrons. The molecule has 3 nitrogen and oxygen atoms in total. The zero-order chi connectivity index (χ0) is 32.0. The fourth-order valence-corrected chi connectivity index (χ4v) is 11.1. The summed E-state index contributed by atoms with van der Waals surface area (Å²) in [7, 11) is -1.93. The average molecular weight is 628 g/mol. The Morgan fingerprint density at radius 1 is 0.674 bits per heavy atom. The maximum absolute atomic E-state index is 10.6. The Labute approximate surface area is 276 Å². The molecule has 4 N–H and O–H groups in total. The number of rotatable bonds is 16. The summed E-state index contributed by atoms with van der Waals surface area (Å²) < 4.78 is 0. The van der Waals surface area contributed by atoms with E-state index >= 15 is 0 Å². The smallest absolute Gasteiger partial charge is 0.112 e. The molecule has 0 aliphatic heterocycles. The first kappa shape index (κ1) is 33.2. The molecule has 0 fully saturated rings. The second-order valence-electron chi connectivity index (χ2n) is 12.0. The van der Waals surface area contributed by atoms with E-state index in [0.717, 1.165) is 24.6 Å². The molecule has 46 heavy (non-hydrogen) atoms. The second-order valence-corrected chi connectivity index (χ2v) is 15.6. The normalized spacial score (nSPS) is 12.5. The molecule has 0 spiro atoms. The molecular formula is C42H48N2OP+. The molecule has 0 aliphatic rings. The van der Waals surface area contributed by atoms with Crippen molar-refractivity contribution in [1.29, 1.82) is 0 Å². The van der Waals surface area contributed by atoms with Crippen LogP contribution in [0.15, 0.2) is 151 Å². The fourth-order valence-electron chi connectivity index (χ4n) is 6.43. The van der Waals surface area contributed by atoms with Crippen LogP contribution in [0.5, 0.6) is 0 Å². The van der Waals surface area contributed by atoms with Crippen LogP contribution in [0.2, 0.25) is 0 Å². The van der Waals surface area contributed by atoms with Crippen LogP contribution in [0.25, 0.3) is 11.1 Å². The van der Waals surface area contributed by atoms with E-state index in [0.29, 0.717) is 12.2 Å². The SMILES string of the molecule is C/C=C(/CCCCCCC[P+](c1ccccc1)(c1ccccc1)c1ccccc1-c1ccccc1)NCC(O)c1ccc(N)cc1. The van der Waals surface area contributed by atoms with Crippen LogP contribution in [-0.4, -0.2) is 17.8 Å². The summed E-state index contributed by atoms with van der Waals surface area (Å²) in [6.07, 6.45) is 9.68. The van der Waals surface area contributed by atoms with Gasteiger partial charge in [-0.05, 0) is 86.2 Å². The van der Waals surface area contributed by atoms with Crippen molar-refractivity contribution in [3.63, 3.8) is 0 Å². The zero-order valence-electron chi connectivity index (χ0n) is 27.1. The van der Waals surface area contributed by atoms with Gasteiger partial charge in [0.2, 0.25) is 0 Å². The minimum absolute atomic E-state index is 0.499. The monoisotopic (exact) mass is 627 g/mol. The first-order chi connectivity index (χ1) is 22.6. The maximum atomic E-state index is 10.6. The Bertz CT molecular complexity index is 1600. The van der Waals surface area contributed by atoms with Crippen LogP contribution in [-0.2, 0) is 0 Å². The van der Waals surface area contributed by atoms with Gasteiger partial charge < -0.3 is 16.2 Å². The van der Waals surface area contributed by atoms with Crippen LogP contribution >= 0.6 is 7.26 Å². The Morgan fingerprint density at radius 2 is 1.22 bits per heavy atom. The van der Waals surface area contributed by atoms with Crippen molar-refractivity contribution in [3.05, 3.63) is 157 Å². The topological polar surface area (TPSA) is 58.3 Å². The van der Waals surface area contributed by atoms with Crippen LogP contribution in [0.4, 0.5) is 5.69 Å². The van der Waals surface area contributed by atoms with E-state index in [2.05, 4.69) is 134 Å². The van der Waals surface area contributed by atoms with Gasteiger partial charge in [0.1, 0.15) is 23.2 Å². The molecule has 0 aliphatic carbocycles. The van der Waals surface area contributed by atoms with Crippen LogP contribution < -0.4 is 27.0 Å². The fraction of sp³-hybridized carbons (Fsp3) is 0.238. The summed E-state index contributed by atoms with van der Waals surface area (Å²) in [6.45, 7) is 2.57. The van der Waals surface area contributed by atoms with E-state index in [1.807, 2.05) is 24.3 Å². The number of anilines is 1. The second kappa shape index (κ2) is 16.9. The average Bonchev–Trinajstić information content (AvgIpc) is 3.12. The highest BCUT2D eigenvalue weighted by atomic mass is 31.2. The Kier molecular flexibility index (Phi) is 12.2. The van der Waals surface area contributed by atoms with E-state index in [9.17, 15) is 5.11 Å². The van der Waals surface area contributed by atoms with Gasteiger partial charge in [0.05, 0.1) is 12.3 Å². The number of nitrogens with one attached hydrogen (secondary N) is 1. The van der Waals surface area contributed by atoms with Crippen molar-refractivity contribution >= 4 is 28.9 Å². The first-order valence-electron chi connectivity index (χ1n) is 16.7. The number of nitrogens with two attached hydrogens (primary N) is 1. The molecule has 5 aromatic rings. The molecule has 0 aromatic heterocycles. The molecule has 0 radical (unpaired) electrons. The number of aliphatic hydroxyl groups is 1. The standard InChI is InChI=1S/C42H48N2OP/c1-2-37(44-33-41(45)35-28-30-36(43)31-29-35)21-11-4-3-5-18-32-46(38-22-12-7-13-23-38,39-24-14-8-15-25-39)42-27-17-16-26-40(42)34-19-9-6-10-20-34/h2,6-10,12-17,19-20,22-31,41,44-45H,3-5,11,18,21,32-33,43H2,1H3/q+1/b37-2-. The van der Waals surface area contributed by atoms with Crippen LogP contribution in [0.3, 0.4) is 0 Å². The third kappa shape index (κ3) is 8.35. The lowest BCUT2D eigenvalue weighted by molar-refractivity contribution is 0.178. The highest BCUT2D eigenvalue weighted by Gasteiger charge is 2.46. The van der Waals surface area contributed by atoms with Gasteiger partial charge in [0, 0.05) is 23.5 Å². The highest BCUT2D eigenvalue weighted by molar-refractivity contribution is 7.95. The van der Waals surface area contributed by atoms with E-state index in [-0.39, 0.29) is 0 Å². The van der Waals surface area contributed by atoms with Gasteiger partial charge >= 0.3 is 0 Å². The van der Waals surface area contributed by atoms with E-state index in [1.165, 1.54) is 58.4 Å². The molecule has 1 unspecified atom stereocenters. The Balaban J connectivity index is 1.25. The van der Waals surface area contributed by atoms with E-state index in [4.69, 9.17) is 5.73 Å². The first-order valence-corrected chi connectivity index (χ1v) is 18.7. The summed E-state index contributed by atoms with van der Waals surface area (Å²) in [5.74, 6) is 0. The summed E-state index contributed by atoms with van der Waals surface area (Å²) in [5, 5.41) is 18.4. The van der Waals surface area contributed by atoms with Crippen molar-refractivity contribution in [2.75, 3.05) is 18.4 Å². The molecule has 0 saturated heterocycles. The number of unbranched alkanes of at least 4 members (excludes halogenated alkanes) is 4. The summed E-state index contributed by atoms with van der Waals surface area (Å²) in [4.78, 5) is 0. The molecule has 5 aromatic carbocycles. The predicted octanol–water partition coefficient (Wildman–Crippen LogP) is 8.80. The molecule has 0 heterocycles. The lowest BCUT2D eigenvalue weighted by Gasteiger charge is -2.29. The molecule has 0 amide bonds. The molecule has 1 atom stereocenters.